The predicted octanol–water partition coefficient (Wildman–Crippen LogP) is 4.04. The van der Waals surface area contributed by atoms with E-state index in [0.29, 0.717) is 12.2 Å². The first kappa shape index (κ1) is 12.9. The molecular formula is C16H22FNO. The van der Waals surface area contributed by atoms with Gasteiger partial charge < -0.3 is 10.1 Å². The standard InChI is InChI=1S/C16H22FNO/c1-12-5-4-6-14(17)15(12)18-11-13-7-10-16(19-13)8-2-3-9-16/h4-6,13,18H,2-3,7-11H2,1H3. The smallest absolute Gasteiger partial charge is 0.146 e. The maximum absolute atomic E-state index is 13.7. The third kappa shape index (κ3) is 2.62. The van der Waals surface area contributed by atoms with E-state index in [0.717, 1.165) is 12.0 Å². The zero-order valence-corrected chi connectivity index (χ0v) is 11.5. The van der Waals surface area contributed by atoms with Crippen LogP contribution in [0.5, 0.6) is 0 Å². The van der Waals surface area contributed by atoms with Crippen LogP contribution in [0.15, 0.2) is 18.2 Å². The topological polar surface area (TPSA) is 21.3 Å². The van der Waals surface area contributed by atoms with Crippen LogP contribution in [0, 0.1) is 12.7 Å². The zero-order chi connectivity index (χ0) is 13.3. The van der Waals surface area contributed by atoms with Gasteiger partial charge in [-0.1, -0.05) is 25.0 Å². The number of ether oxygens (including phenoxy) is 1. The van der Waals surface area contributed by atoms with Crippen molar-refractivity contribution in [3.05, 3.63) is 29.6 Å². The Kier molecular flexibility index (Phi) is 3.48. The highest BCUT2D eigenvalue weighted by Gasteiger charge is 2.41. The third-order valence-electron chi connectivity index (χ3n) is 4.58. The van der Waals surface area contributed by atoms with Crippen molar-refractivity contribution in [1.29, 1.82) is 0 Å². The molecule has 0 bridgehead atoms. The van der Waals surface area contributed by atoms with Crippen LogP contribution in [-0.4, -0.2) is 18.2 Å². The van der Waals surface area contributed by atoms with Crippen LogP contribution in [0.3, 0.4) is 0 Å². The number of aryl methyl sites for hydroxylation is 1. The molecule has 2 nitrogen and oxygen atoms in total. The average Bonchev–Trinajstić information content (AvgIpc) is 3.00. The second-order valence-corrected chi connectivity index (χ2v) is 5.98. The third-order valence-corrected chi connectivity index (χ3v) is 4.58. The number of para-hydroxylation sites is 1. The molecule has 1 spiro atoms. The van der Waals surface area contributed by atoms with Crippen LogP contribution in [0.2, 0.25) is 0 Å². The summed E-state index contributed by atoms with van der Waals surface area (Å²) < 4.78 is 19.9. The van der Waals surface area contributed by atoms with Crippen LogP contribution >= 0.6 is 0 Å². The van der Waals surface area contributed by atoms with Crippen molar-refractivity contribution in [3.8, 4) is 0 Å². The molecule has 1 saturated heterocycles. The molecule has 1 heterocycles. The number of benzene rings is 1. The van der Waals surface area contributed by atoms with Crippen molar-refractivity contribution in [2.24, 2.45) is 0 Å². The summed E-state index contributed by atoms with van der Waals surface area (Å²) in [4.78, 5) is 0. The maximum Gasteiger partial charge on any atom is 0.146 e. The Balaban J connectivity index is 1.59. The number of anilines is 1. The lowest BCUT2D eigenvalue weighted by Crippen LogP contribution is -2.28. The number of nitrogens with one attached hydrogen (secondary N) is 1. The maximum atomic E-state index is 13.7. The van der Waals surface area contributed by atoms with Crippen LogP contribution in [0.4, 0.5) is 10.1 Å². The number of hydrogen-bond donors (Lipinski definition) is 1. The van der Waals surface area contributed by atoms with Gasteiger partial charge in [-0.15, -0.1) is 0 Å². The fourth-order valence-electron chi connectivity index (χ4n) is 3.50. The molecule has 19 heavy (non-hydrogen) atoms. The van der Waals surface area contributed by atoms with Gasteiger partial charge in [0, 0.05) is 6.54 Å². The summed E-state index contributed by atoms with van der Waals surface area (Å²) >= 11 is 0. The van der Waals surface area contributed by atoms with Gasteiger partial charge in [0.25, 0.3) is 0 Å². The average molecular weight is 263 g/mol. The molecule has 1 saturated carbocycles. The number of hydrogen-bond acceptors (Lipinski definition) is 2. The van der Waals surface area contributed by atoms with Crippen LogP contribution in [0.1, 0.15) is 44.1 Å². The predicted molar refractivity (Wildman–Crippen MR) is 74.9 cm³/mol. The molecule has 1 aromatic carbocycles. The van der Waals surface area contributed by atoms with Crippen molar-refractivity contribution in [2.45, 2.75) is 57.2 Å². The minimum atomic E-state index is -0.173. The molecule has 1 aliphatic carbocycles. The normalized spacial score (nSPS) is 25.1. The second-order valence-electron chi connectivity index (χ2n) is 5.98. The molecule has 2 aliphatic rings. The summed E-state index contributed by atoms with van der Waals surface area (Å²) in [5, 5.41) is 3.23. The van der Waals surface area contributed by atoms with E-state index >= 15 is 0 Å². The highest BCUT2D eigenvalue weighted by Crippen LogP contribution is 2.43. The van der Waals surface area contributed by atoms with E-state index in [-0.39, 0.29) is 17.5 Å². The van der Waals surface area contributed by atoms with Crippen molar-refractivity contribution < 1.29 is 9.13 Å². The molecular weight excluding hydrogens is 241 g/mol. The van der Waals surface area contributed by atoms with Gasteiger partial charge in [-0.05, 0) is 44.2 Å². The Bertz CT molecular complexity index is 434. The van der Waals surface area contributed by atoms with Gasteiger partial charge >= 0.3 is 0 Å². The monoisotopic (exact) mass is 263 g/mol. The molecule has 1 N–H and O–H groups in total. The van der Waals surface area contributed by atoms with Crippen LogP contribution < -0.4 is 5.32 Å². The van der Waals surface area contributed by atoms with Gasteiger partial charge in [-0.2, -0.15) is 0 Å². The van der Waals surface area contributed by atoms with E-state index < -0.39 is 0 Å². The number of halogens is 1. The van der Waals surface area contributed by atoms with E-state index in [9.17, 15) is 4.39 Å². The summed E-state index contributed by atoms with van der Waals surface area (Å²) in [5.74, 6) is -0.173. The van der Waals surface area contributed by atoms with E-state index in [1.807, 2.05) is 13.0 Å². The molecule has 0 radical (unpaired) electrons. The summed E-state index contributed by atoms with van der Waals surface area (Å²) in [6.45, 7) is 2.64. The summed E-state index contributed by atoms with van der Waals surface area (Å²) in [5.41, 5.74) is 1.74. The van der Waals surface area contributed by atoms with Gasteiger partial charge in [0.15, 0.2) is 0 Å². The Morgan fingerprint density at radius 2 is 2.11 bits per heavy atom. The lowest BCUT2D eigenvalue weighted by atomic mass is 9.98. The first-order valence-electron chi connectivity index (χ1n) is 7.35. The van der Waals surface area contributed by atoms with Gasteiger partial charge in [0.05, 0.1) is 17.4 Å². The Morgan fingerprint density at radius 3 is 2.84 bits per heavy atom. The van der Waals surface area contributed by atoms with Gasteiger partial charge in [0.2, 0.25) is 0 Å². The second kappa shape index (κ2) is 5.12. The lowest BCUT2D eigenvalue weighted by molar-refractivity contribution is -0.0307. The van der Waals surface area contributed by atoms with Crippen LogP contribution in [0.25, 0.3) is 0 Å². The molecule has 1 atom stereocenters. The first-order valence-corrected chi connectivity index (χ1v) is 7.35. The minimum Gasteiger partial charge on any atom is -0.380 e. The zero-order valence-electron chi connectivity index (χ0n) is 11.5. The Morgan fingerprint density at radius 1 is 1.32 bits per heavy atom. The van der Waals surface area contributed by atoms with Gasteiger partial charge in [0.1, 0.15) is 5.82 Å². The highest BCUT2D eigenvalue weighted by molar-refractivity contribution is 5.51. The quantitative estimate of drug-likeness (QED) is 0.888. The van der Waals surface area contributed by atoms with E-state index in [2.05, 4.69) is 5.32 Å². The SMILES string of the molecule is Cc1cccc(F)c1NCC1CCC2(CCCC2)O1. The molecule has 0 aromatic heterocycles. The van der Waals surface area contributed by atoms with Crippen molar-refractivity contribution >= 4 is 5.69 Å². The Hall–Kier alpha value is -1.09. The number of rotatable bonds is 3. The first-order chi connectivity index (χ1) is 9.19. The van der Waals surface area contributed by atoms with Crippen molar-refractivity contribution in [3.63, 3.8) is 0 Å². The minimum absolute atomic E-state index is 0.163. The van der Waals surface area contributed by atoms with E-state index in [1.54, 1.807) is 6.07 Å². The highest BCUT2D eigenvalue weighted by atomic mass is 19.1. The fraction of sp³-hybridized carbons (Fsp3) is 0.625. The van der Waals surface area contributed by atoms with Crippen molar-refractivity contribution in [1.82, 2.24) is 0 Å². The fourth-order valence-corrected chi connectivity index (χ4v) is 3.50. The molecule has 2 fully saturated rings. The van der Waals surface area contributed by atoms with Gasteiger partial charge in [-0.3, -0.25) is 0 Å². The molecule has 1 unspecified atom stereocenters. The molecule has 104 valence electrons. The van der Waals surface area contributed by atoms with Gasteiger partial charge in [-0.25, -0.2) is 4.39 Å². The molecule has 3 heteroatoms. The lowest BCUT2D eigenvalue weighted by Gasteiger charge is -2.24. The molecule has 0 amide bonds. The molecule has 3 rings (SSSR count). The summed E-state index contributed by atoms with van der Waals surface area (Å²) in [7, 11) is 0. The van der Waals surface area contributed by atoms with Crippen molar-refractivity contribution in [2.75, 3.05) is 11.9 Å². The molecule has 1 aromatic rings. The largest absolute Gasteiger partial charge is 0.380 e. The Labute approximate surface area is 114 Å². The summed E-state index contributed by atoms with van der Waals surface area (Å²) in [6.07, 6.45) is 7.52. The molecule has 1 aliphatic heterocycles. The van der Waals surface area contributed by atoms with E-state index in [1.165, 1.54) is 38.2 Å². The summed E-state index contributed by atoms with van der Waals surface area (Å²) in [6, 6.07) is 5.18. The van der Waals surface area contributed by atoms with Crippen LogP contribution in [-0.2, 0) is 4.74 Å². The van der Waals surface area contributed by atoms with E-state index in [4.69, 9.17) is 4.74 Å².